The molecule has 2 amide bonds. The first kappa shape index (κ1) is 20.5. The van der Waals surface area contributed by atoms with Crippen LogP contribution in [0.2, 0.25) is 0 Å². The molecule has 0 spiro atoms. The molecule has 0 fully saturated rings. The molecule has 0 saturated heterocycles. The SMILES string of the molecule is Cc1cc(C)n(Cc2cccc(C(=O)Nc3ccc(C(=O)Nc4nccs4)cc3)c2)n1. The monoisotopic (exact) mass is 431 g/mol. The number of nitrogens with zero attached hydrogens (tertiary/aromatic N) is 3. The van der Waals surface area contributed by atoms with E-state index in [9.17, 15) is 9.59 Å². The van der Waals surface area contributed by atoms with Crippen LogP contribution in [0.15, 0.2) is 66.2 Å². The molecular weight excluding hydrogens is 410 g/mol. The second kappa shape index (κ2) is 8.93. The Morgan fingerprint density at radius 3 is 2.42 bits per heavy atom. The summed E-state index contributed by atoms with van der Waals surface area (Å²) in [6.07, 6.45) is 1.63. The van der Waals surface area contributed by atoms with E-state index in [4.69, 9.17) is 0 Å². The number of nitrogens with one attached hydrogen (secondary N) is 2. The summed E-state index contributed by atoms with van der Waals surface area (Å²) in [4.78, 5) is 29.0. The van der Waals surface area contributed by atoms with Crippen LogP contribution in [-0.4, -0.2) is 26.6 Å². The van der Waals surface area contributed by atoms with Crippen molar-refractivity contribution in [1.82, 2.24) is 14.8 Å². The molecule has 0 radical (unpaired) electrons. The maximum absolute atomic E-state index is 12.7. The first-order chi connectivity index (χ1) is 15.0. The second-order valence-corrected chi connectivity index (χ2v) is 8.00. The third-order valence-electron chi connectivity index (χ3n) is 4.68. The van der Waals surface area contributed by atoms with E-state index in [1.54, 1.807) is 41.9 Å². The van der Waals surface area contributed by atoms with Crippen molar-refractivity contribution >= 4 is 34.0 Å². The zero-order valence-corrected chi connectivity index (χ0v) is 17.9. The fourth-order valence-electron chi connectivity index (χ4n) is 3.18. The normalized spacial score (nSPS) is 10.6. The first-order valence-electron chi connectivity index (χ1n) is 9.70. The van der Waals surface area contributed by atoms with Crippen molar-refractivity contribution in [3.63, 3.8) is 0 Å². The molecule has 4 aromatic rings. The third-order valence-corrected chi connectivity index (χ3v) is 5.37. The van der Waals surface area contributed by atoms with Gasteiger partial charge in [0.2, 0.25) is 0 Å². The molecule has 2 aromatic heterocycles. The summed E-state index contributed by atoms with van der Waals surface area (Å²) in [5.41, 5.74) is 4.69. The molecular formula is C23H21N5O2S. The fraction of sp³-hybridized carbons (Fsp3) is 0.130. The van der Waals surface area contributed by atoms with Crippen molar-refractivity contribution < 1.29 is 9.59 Å². The molecule has 0 unspecified atom stereocenters. The molecule has 0 atom stereocenters. The number of carbonyl (C=O) groups excluding carboxylic acids is 2. The minimum Gasteiger partial charge on any atom is -0.322 e. The summed E-state index contributed by atoms with van der Waals surface area (Å²) in [5, 5.41) is 12.4. The van der Waals surface area contributed by atoms with Crippen molar-refractivity contribution in [2.75, 3.05) is 10.6 Å². The smallest absolute Gasteiger partial charge is 0.257 e. The van der Waals surface area contributed by atoms with Crippen LogP contribution >= 0.6 is 11.3 Å². The zero-order chi connectivity index (χ0) is 21.8. The van der Waals surface area contributed by atoms with Crippen LogP contribution in [0.3, 0.4) is 0 Å². The quantitative estimate of drug-likeness (QED) is 0.470. The van der Waals surface area contributed by atoms with Crippen LogP contribution in [0, 0.1) is 13.8 Å². The van der Waals surface area contributed by atoms with Gasteiger partial charge < -0.3 is 5.32 Å². The highest BCUT2D eigenvalue weighted by Gasteiger charge is 2.11. The summed E-state index contributed by atoms with van der Waals surface area (Å²) in [5.74, 6) is -0.458. The molecule has 8 heteroatoms. The largest absolute Gasteiger partial charge is 0.322 e. The highest BCUT2D eigenvalue weighted by molar-refractivity contribution is 7.13. The fourth-order valence-corrected chi connectivity index (χ4v) is 3.71. The van der Waals surface area contributed by atoms with Crippen molar-refractivity contribution in [3.05, 3.63) is 94.3 Å². The number of thiazole rings is 1. The van der Waals surface area contributed by atoms with Gasteiger partial charge in [0.1, 0.15) is 0 Å². The maximum atomic E-state index is 12.7. The predicted molar refractivity (Wildman–Crippen MR) is 122 cm³/mol. The molecule has 0 aliphatic heterocycles. The van der Waals surface area contributed by atoms with Crippen LogP contribution in [0.25, 0.3) is 0 Å². The van der Waals surface area contributed by atoms with E-state index in [0.717, 1.165) is 17.0 Å². The number of hydrogen-bond acceptors (Lipinski definition) is 5. The average molecular weight is 432 g/mol. The van der Waals surface area contributed by atoms with Gasteiger partial charge in [0.25, 0.3) is 11.8 Å². The molecule has 0 saturated carbocycles. The van der Waals surface area contributed by atoms with Crippen LogP contribution in [0.1, 0.15) is 37.7 Å². The van der Waals surface area contributed by atoms with Gasteiger partial charge in [-0.3, -0.25) is 19.6 Å². The lowest BCUT2D eigenvalue weighted by Gasteiger charge is -2.09. The Labute approximate surface area is 183 Å². The van der Waals surface area contributed by atoms with E-state index >= 15 is 0 Å². The second-order valence-electron chi connectivity index (χ2n) is 7.11. The number of benzene rings is 2. The molecule has 0 bridgehead atoms. The topological polar surface area (TPSA) is 88.9 Å². The van der Waals surface area contributed by atoms with E-state index in [1.807, 2.05) is 42.8 Å². The van der Waals surface area contributed by atoms with E-state index in [1.165, 1.54) is 11.3 Å². The lowest BCUT2D eigenvalue weighted by molar-refractivity contribution is 0.102. The number of anilines is 2. The van der Waals surface area contributed by atoms with Gasteiger partial charge in [-0.25, -0.2) is 4.98 Å². The molecule has 0 aliphatic rings. The summed E-state index contributed by atoms with van der Waals surface area (Å²) in [6.45, 7) is 4.57. The lowest BCUT2D eigenvalue weighted by Crippen LogP contribution is -2.14. The van der Waals surface area contributed by atoms with Crippen LogP contribution in [-0.2, 0) is 6.54 Å². The van der Waals surface area contributed by atoms with E-state index < -0.39 is 0 Å². The number of amides is 2. The van der Waals surface area contributed by atoms with Gasteiger partial charge in [-0.2, -0.15) is 5.10 Å². The number of rotatable bonds is 6. The minimum atomic E-state index is -0.246. The van der Waals surface area contributed by atoms with Gasteiger partial charge in [-0.1, -0.05) is 12.1 Å². The standard InChI is InChI=1S/C23H21N5O2S/c1-15-12-16(2)28(27-15)14-17-4-3-5-19(13-17)22(30)25-20-8-6-18(7-9-20)21(29)26-23-24-10-11-31-23/h3-13H,14H2,1-2H3,(H,25,30)(H,24,26,29). The molecule has 156 valence electrons. The number of carbonyl (C=O) groups is 2. The van der Waals surface area contributed by atoms with Crippen LogP contribution in [0.5, 0.6) is 0 Å². The summed E-state index contributed by atoms with van der Waals surface area (Å²) < 4.78 is 1.92. The first-order valence-corrected chi connectivity index (χ1v) is 10.6. The molecule has 2 heterocycles. The Kier molecular flexibility index (Phi) is 5.90. The summed E-state index contributed by atoms with van der Waals surface area (Å²) in [7, 11) is 0. The Morgan fingerprint density at radius 1 is 0.968 bits per heavy atom. The highest BCUT2D eigenvalue weighted by Crippen LogP contribution is 2.16. The average Bonchev–Trinajstić information content (AvgIpc) is 3.37. The molecule has 31 heavy (non-hydrogen) atoms. The molecule has 2 aromatic carbocycles. The van der Waals surface area contributed by atoms with E-state index in [0.29, 0.717) is 28.5 Å². The number of hydrogen-bond donors (Lipinski definition) is 2. The predicted octanol–water partition coefficient (Wildman–Crippen LogP) is 4.51. The third kappa shape index (κ3) is 5.04. The van der Waals surface area contributed by atoms with Crippen LogP contribution in [0.4, 0.5) is 10.8 Å². The molecule has 2 N–H and O–H groups in total. The highest BCUT2D eigenvalue weighted by atomic mass is 32.1. The molecule has 7 nitrogen and oxygen atoms in total. The van der Waals surface area contributed by atoms with Gasteiger partial charge in [-0.05, 0) is 61.9 Å². The molecule has 4 rings (SSSR count). The van der Waals surface area contributed by atoms with Gasteiger partial charge in [0.05, 0.1) is 12.2 Å². The Balaban J connectivity index is 1.41. The zero-order valence-electron chi connectivity index (χ0n) is 17.1. The van der Waals surface area contributed by atoms with Gasteiger partial charge in [0.15, 0.2) is 5.13 Å². The van der Waals surface area contributed by atoms with Crippen molar-refractivity contribution in [1.29, 1.82) is 0 Å². The van der Waals surface area contributed by atoms with Crippen molar-refractivity contribution in [2.45, 2.75) is 20.4 Å². The van der Waals surface area contributed by atoms with Crippen molar-refractivity contribution in [2.24, 2.45) is 0 Å². The van der Waals surface area contributed by atoms with Gasteiger partial charge in [0, 0.05) is 34.1 Å². The Morgan fingerprint density at radius 2 is 1.74 bits per heavy atom. The van der Waals surface area contributed by atoms with E-state index in [2.05, 4.69) is 20.7 Å². The van der Waals surface area contributed by atoms with Crippen LogP contribution < -0.4 is 10.6 Å². The number of aryl methyl sites for hydroxylation is 2. The van der Waals surface area contributed by atoms with Gasteiger partial charge >= 0.3 is 0 Å². The maximum Gasteiger partial charge on any atom is 0.257 e. The van der Waals surface area contributed by atoms with E-state index in [-0.39, 0.29) is 11.8 Å². The van der Waals surface area contributed by atoms with Crippen molar-refractivity contribution in [3.8, 4) is 0 Å². The summed E-state index contributed by atoms with van der Waals surface area (Å²) in [6, 6.07) is 16.2. The number of aromatic nitrogens is 3. The Bertz CT molecular complexity index is 1210. The summed E-state index contributed by atoms with van der Waals surface area (Å²) >= 11 is 1.35. The Hall–Kier alpha value is -3.78. The molecule has 0 aliphatic carbocycles. The van der Waals surface area contributed by atoms with Gasteiger partial charge in [-0.15, -0.1) is 11.3 Å². The lowest BCUT2D eigenvalue weighted by atomic mass is 10.1. The minimum absolute atomic E-state index is 0.213.